The molecule has 0 spiro atoms. The van der Waals surface area contributed by atoms with Gasteiger partial charge in [0.15, 0.2) is 0 Å². The van der Waals surface area contributed by atoms with Crippen LogP contribution in [-0.4, -0.2) is 40.8 Å². The van der Waals surface area contributed by atoms with Gasteiger partial charge in [-0.3, -0.25) is 19.5 Å². The zero-order valence-corrected chi connectivity index (χ0v) is 15.9. The number of aryl methyl sites for hydroxylation is 1. The Morgan fingerprint density at radius 3 is 2.93 bits per heavy atom. The van der Waals surface area contributed by atoms with Gasteiger partial charge in [-0.05, 0) is 53.8 Å². The van der Waals surface area contributed by atoms with Crippen LogP contribution in [0.2, 0.25) is 0 Å². The standard InChI is InChI=1S/C19H22N4O3S/c1-13-4-2-7-20-18(13)15(10-14-6-9-27-12-14)22-16(24)5-3-8-23-17(25)11-21-19(23)26/h2,4,6-7,9,12,15H,3,5,8,10-11H2,1H3,(H,21,26)(H,22,24)/t15-/m0/s1. The second-order valence-corrected chi connectivity index (χ2v) is 7.25. The fraction of sp³-hybridized carbons (Fsp3) is 0.368. The van der Waals surface area contributed by atoms with Crippen LogP contribution >= 0.6 is 11.3 Å². The molecule has 1 aliphatic heterocycles. The number of nitrogens with zero attached hydrogens (tertiary/aromatic N) is 2. The predicted octanol–water partition coefficient (Wildman–Crippen LogP) is 2.18. The Hall–Kier alpha value is -2.74. The first-order valence-electron chi connectivity index (χ1n) is 8.84. The molecule has 4 amide bonds. The highest BCUT2D eigenvalue weighted by molar-refractivity contribution is 7.07. The fourth-order valence-corrected chi connectivity index (χ4v) is 3.75. The quantitative estimate of drug-likeness (QED) is 0.681. The molecule has 3 heterocycles. The number of hydrogen-bond donors (Lipinski definition) is 2. The summed E-state index contributed by atoms with van der Waals surface area (Å²) in [5.41, 5.74) is 3.03. The first-order valence-corrected chi connectivity index (χ1v) is 9.79. The third kappa shape index (κ3) is 4.91. The van der Waals surface area contributed by atoms with E-state index in [-0.39, 0.29) is 43.4 Å². The summed E-state index contributed by atoms with van der Waals surface area (Å²) in [6.07, 6.45) is 3.06. The second-order valence-electron chi connectivity index (χ2n) is 6.47. The largest absolute Gasteiger partial charge is 0.347 e. The Bertz CT molecular complexity index is 806. The molecule has 0 aliphatic carbocycles. The minimum atomic E-state index is -0.389. The molecule has 142 valence electrons. The summed E-state index contributed by atoms with van der Waals surface area (Å²) in [4.78, 5) is 41.2. The van der Waals surface area contributed by atoms with Crippen molar-refractivity contribution in [2.75, 3.05) is 13.1 Å². The number of nitrogens with one attached hydrogen (secondary N) is 2. The maximum atomic E-state index is 12.5. The summed E-state index contributed by atoms with van der Waals surface area (Å²) in [6.45, 7) is 2.26. The number of hydrogen-bond acceptors (Lipinski definition) is 5. The summed E-state index contributed by atoms with van der Waals surface area (Å²) in [5.74, 6) is -0.368. The Balaban J connectivity index is 1.59. The maximum absolute atomic E-state index is 12.5. The molecular weight excluding hydrogens is 364 g/mol. The van der Waals surface area contributed by atoms with E-state index in [9.17, 15) is 14.4 Å². The van der Waals surface area contributed by atoms with Gasteiger partial charge in [-0.1, -0.05) is 6.07 Å². The summed E-state index contributed by atoms with van der Waals surface area (Å²) in [6, 6.07) is 5.29. The second kappa shape index (κ2) is 8.77. The van der Waals surface area contributed by atoms with Gasteiger partial charge in [-0.15, -0.1) is 0 Å². The van der Waals surface area contributed by atoms with E-state index >= 15 is 0 Å². The average Bonchev–Trinajstić information content (AvgIpc) is 3.26. The number of amides is 4. The Kier molecular flexibility index (Phi) is 6.18. The van der Waals surface area contributed by atoms with Gasteiger partial charge in [-0.25, -0.2) is 4.79 Å². The monoisotopic (exact) mass is 386 g/mol. The van der Waals surface area contributed by atoms with Gasteiger partial charge in [0.1, 0.15) is 0 Å². The summed E-state index contributed by atoms with van der Waals surface area (Å²) >= 11 is 1.62. The van der Waals surface area contributed by atoms with Gasteiger partial charge >= 0.3 is 6.03 Å². The summed E-state index contributed by atoms with van der Waals surface area (Å²) in [7, 11) is 0. The van der Waals surface area contributed by atoms with Crippen LogP contribution in [0.15, 0.2) is 35.2 Å². The van der Waals surface area contributed by atoms with Crippen molar-refractivity contribution in [2.45, 2.75) is 32.2 Å². The van der Waals surface area contributed by atoms with Crippen LogP contribution in [0.5, 0.6) is 0 Å². The summed E-state index contributed by atoms with van der Waals surface area (Å²) in [5, 5.41) is 9.61. The fourth-order valence-electron chi connectivity index (χ4n) is 3.07. The number of imide groups is 1. The number of rotatable bonds is 8. The van der Waals surface area contributed by atoms with Crippen LogP contribution in [0.25, 0.3) is 0 Å². The Labute approximate surface area is 161 Å². The molecule has 1 saturated heterocycles. The highest BCUT2D eigenvalue weighted by atomic mass is 32.1. The number of carbonyl (C=O) groups is 3. The molecule has 7 nitrogen and oxygen atoms in total. The molecule has 2 aromatic rings. The van der Waals surface area contributed by atoms with Crippen molar-refractivity contribution in [1.82, 2.24) is 20.5 Å². The van der Waals surface area contributed by atoms with Gasteiger partial charge in [0.2, 0.25) is 11.8 Å². The van der Waals surface area contributed by atoms with E-state index < -0.39 is 0 Å². The van der Waals surface area contributed by atoms with E-state index in [0.717, 1.165) is 21.7 Å². The lowest BCUT2D eigenvalue weighted by Crippen LogP contribution is -2.34. The zero-order chi connectivity index (χ0) is 19.2. The lowest BCUT2D eigenvalue weighted by atomic mass is 10.0. The van der Waals surface area contributed by atoms with E-state index in [1.807, 2.05) is 30.5 Å². The molecule has 0 aromatic carbocycles. The molecule has 1 fully saturated rings. The van der Waals surface area contributed by atoms with Crippen LogP contribution in [0, 0.1) is 6.92 Å². The first-order chi connectivity index (χ1) is 13.0. The van der Waals surface area contributed by atoms with Crippen LogP contribution in [-0.2, 0) is 16.0 Å². The number of urea groups is 1. The van der Waals surface area contributed by atoms with Crippen molar-refractivity contribution in [3.63, 3.8) is 0 Å². The van der Waals surface area contributed by atoms with E-state index in [1.54, 1.807) is 17.5 Å². The molecule has 3 rings (SSSR count). The molecule has 27 heavy (non-hydrogen) atoms. The van der Waals surface area contributed by atoms with Gasteiger partial charge < -0.3 is 10.6 Å². The van der Waals surface area contributed by atoms with E-state index in [4.69, 9.17) is 0 Å². The zero-order valence-electron chi connectivity index (χ0n) is 15.1. The molecular formula is C19H22N4O3S. The van der Waals surface area contributed by atoms with E-state index in [1.165, 1.54) is 0 Å². The molecule has 2 aromatic heterocycles. The van der Waals surface area contributed by atoms with Gasteiger partial charge in [0, 0.05) is 19.2 Å². The highest BCUT2D eigenvalue weighted by Gasteiger charge is 2.28. The number of pyridine rings is 1. The molecule has 1 atom stereocenters. The Morgan fingerprint density at radius 1 is 1.41 bits per heavy atom. The minimum absolute atomic E-state index is 0.0344. The smallest absolute Gasteiger partial charge is 0.324 e. The molecule has 0 saturated carbocycles. The normalized spacial score (nSPS) is 14.9. The van der Waals surface area contributed by atoms with Gasteiger partial charge in [-0.2, -0.15) is 11.3 Å². The third-order valence-electron chi connectivity index (χ3n) is 4.46. The summed E-state index contributed by atoms with van der Waals surface area (Å²) < 4.78 is 0. The van der Waals surface area contributed by atoms with Crippen molar-refractivity contribution in [3.8, 4) is 0 Å². The van der Waals surface area contributed by atoms with Crippen LogP contribution in [0.1, 0.15) is 35.7 Å². The number of aromatic nitrogens is 1. The van der Waals surface area contributed by atoms with Gasteiger partial charge in [0.05, 0.1) is 18.3 Å². The molecule has 0 unspecified atom stereocenters. The molecule has 8 heteroatoms. The van der Waals surface area contributed by atoms with Gasteiger partial charge in [0.25, 0.3) is 0 Å². The van der Waals surface area contributed by atoms with Crippen molar-refractivity contribution in [2.24, 2.45) is 0 Å². The molecule has 2 N–H and O–H groups in total. The van der Waals surface area contributed by atoms with Crippen LogP contribution < -0.4 is 10.6 Å². The van der Waals surface area contributed by atoms with Crippen molar-refractivity contribution >= 4 is 29.2 Å². The van der Waals surface area contributed by atoms with Crippen LogP contribution in [0.3, 0.4) is 0 Å². The predicted molar refractivity (Wildman–Crippen MR) is 102 cm³/mol. The van der Waals surface area contributed by atoms with E-state index in [0.29, 0.717) is 12.8 Å². The van der Waals surface area contributed by atoms with Crippen LogP contribution in [0.4, 0.5) is 4.79 Å². The topological polar surface area (TPSA) is 91.4 Å². The van der Waals surface area contributed by atoms with Crippen molar-refractivity contribution in [3.05, 3.63) is 52.0 Å². The molecule has 0 radical (unpaired) electrons. The first kappa shape index (κ1) is 19.0. The highest BCUT2D eigenvalue weighted by Crippen LogP contribution is 2.21. The van der Waals surface area contributed by atoms with Crippen molar-refractivity contribution in [1.29, 1.82) is 0 Å². The van der Waals surface area contributed by atoms with Crippen molar-refractivity contribution < 1.29 is 14.4 Å². The molecule has 1 aliphatic rings. The minimum Gasteiger partial charge on any atom is -0.347 e. The maximum Gasteiger partial charge on any atom is 0.324 e. The molecule has 0 bridgehead atoms. The SMILES string of the molecule is Cc1cccnc1[C@H](Cc1ccsc1)NC(=O)CCCN1C(=O)CNC1=O. The lowest BCUT2D eigenvalue weighted by Gasteiger charge is -2.20. The lowest BCUT2D eigenvalue weighted by molar-refractivity contribution is -0.126. The van der Waals surface area contributed by atoms with E-state index in [2.05, 4.69) is 21.0 Å². The number of carbonyl (C=O) groups excluding carboxylic acids is 3. The third-order valence-corrected chi connectivity index (χ3v) is 5.19. The Morgan fingerprint density at radius 2 is 2.26 bits per heavy atom. The number of thiophene rings is 1. The average molecular weight is 386 g/mol.